The van der Waals surface area contributed by atoms with Gasteiger partial charge < -0.3 is 15.4 Å². The van der Waals surface area contributed by atoms with E-state index in [0.29, 0.717) is 18.4 Å². The van der Waals surface area contributed by atoms with Gasteiger partial charge in [0.15, 0.2) is 5.96 Å². The molecule has 2 N–H and O–H groups in total. The molecule has 0 spiro atoms. The molecule has 1 aliphatic rings. The maximum atomic E-state index is 10.9. The van der Waals surface area contributed by atoms with Crippen LogP contribution in [0, 0.1) is 0 Å². The molecule has 1 rings (SSSR count). The monoisotopic (exact) mass is 255 g/mol. The molecular formula is C13H25N3O2. The molecule has 104 valence electrons. The van der Waals surface area contributed by atoms with E-state index in [9.17, 15) is 4.79 Å². The number of carbonyl (C=O) groups is 1. The van der Waals surface area contributed by atoms with Gasteiger partial charge in [-0.15, -0.1) is 0 Å². The van der Waals surface area contributed by atoms with Crippen LogP contribution in [0.3, 0.4) is 0 Å². The number of nitrogens with two attached hydrogens (primary N) is 1. The Bertz CT molecular complexity index is 288. The first-order chi connectivity index (χ1) is 8.65. The summed E-state index contributed by atoms with van der Waals surface area (Å²) in [5, 5.41) is 0. The fourth-order valence-corrected chi connectivity index (χ4v) is 1.79. The number of nitrogens with zero attached hydrogens (tertiary/aromatic N) is 2. The fraction of sp³-hybridized carbons (Fsp3) is 0.846. The second-order valence-electron chi connectivity index (χ2n) is 4.82. The van der Waals surface area contributed by atoms with Gasteiger partial charge in [-0.2, -0.15) is 0 Å². The summed E-state index contributed by atoms with van der Waals surface area (Å²) in [6.45, 7) is 0.779. The first-order valence-corrected chi connectivity index (χ1v) is 6.74. The van der Waals surface area contributed by atoms with Crippen molar-refractivity contribution in [1.82, 2.24) is 4.90 Å². The van der Waals surface area contributed by atoms with Crippen molar-refractivity contribution < 1.29 is 9.53 Å². The maximum absolute atomic E-state index is 10.9. The quantitative estimate of drug-likeness (QED) is 0.309. The third-order valence-electron chi connectivity index (χ3n) is 3.25. The third kappa shape index (κ3) is 5.89. The number of esters is 1. The Kier molecular flexibility index (Phi) is 6.54. The van der Waals surface area contributed by atoms with Crippen molar-refractivity contribution in [3.63, 3.8) is 0 Å². The van der Waals surface area contributed by atoms with Gasteiger partial charge in [0.25, 0.3) is 0 Å². The van der Waals surface area contributed by atoms with Crippen LogP contribution >= 0.6 is 0 Å². The van der Waals surface area contributed by atoms with Crippen molar-refractivity contribution in [3.8, 4) is 0 Å². The van der Waals surface area contributed by atoms with E-state index in [1.165, 1.54) is 20.0 Å². The molecule has 0 amide bonds. The van der Waals surface area contributed by atoms with Gasteiger partial charge in [0.1, 0.15) is 0 Å². The Morgan fingerprint density at radius 2 is 2.00 bits per heavy atom. The first kappa shape index (κ1) is 14.8. The molecule has 1 aliphatic carbocycles. The minimum Gasteiger partial charge on any atom is -0.469 e. The van der Waals surface area contributed by atoms with Crippen molar-refractivity contribution in [2.75, 3.05) is 20.7 Å². The molecule has 0 bridgehead atoms. The summed E-state index contributed by atoms with van der Waals surface area (Å²) in [5.74, 6) is 0.537. The lowest BCUT2D eigenvalue weighted by Gasteiger charge is -2.16. The Hall–Kier alpha value is -1.26. The molecule has 0 heterocycles. The molecule has 0 radical (unpaired) electrons. The molecule has 1 fully saturated rings. The molecule has 18 heavy (non-hydrogen) atoms. The summed E-state index contributed by atoms with van der Waals surface area (Å²) in [6.07, 6.45) is 7.05. The number of hydrogen-bond donors (Lipinski definition) is 1. The molecule has 0 aromatic rings. The average Bonchev–Trinajstić information content (AvgIpc) is 3.20. The van der Waals surface area contributed by atoms with Crippen LogP contribution in [0.25, 0.3) is 0 Å². The summed E-state index contributed by atoms with van der Waals surface area (Å²) in [4.78, 5) is 17.3. The Morgan fingerprint density at radius 3 is 2.61 bits per heavy atom. The van der Waals surface area contributed by atoms with E-state index < -0.39 is 0 Å². The number of guanidine groups is 1. The second-order valence-corrected chi connectivity index (χ2v) is 4.82. The lowest BCUT2D eigenvalue weighted by atomic mass is 10.1. The van der Waals surface area contributed by atoms with Crippen molar-refractivity contribution in [2.45, 2.75) is 51.0 Å². The van der Waals surface area contributed by atoms with E-state index in [1.807, 2.05) is 7.05 Å². The highest BCUT2D eigenvalue weighted by Gasteiger charge is 2.27. The minimum atomic E-state index is -0.122. The average molecular weight is 255 g/mol. The zero-order valence-electron chi connectivity index (χ0n) is 11.5. The smallest absolute Gasteiger partial charge is 0.305 e. The van der Waals surface area contributed by atoms with E-state index >= 15 is 0 Å². The molecular weight excluding hydrogens is 230 g/mol. The van der Waals surface area contributed by atoms with Gasteiger partial charge in [-0.05, 0) is 25.7 Å². The highest BCUT2D eigenvalue weighted by atomic mass is 16.5. The third-order valence-corrected chi connectivity index (χ3v) is 3.25. The van der Waals surface area contributed by atoms with Crippen LogP contribution in [-0.2, 0) is 9.53 Å². The normalized spacial score (nSPS) is 15.6. The summed E-state index contributed by atoms with van der Waals surface area (Å²) in [5.41, 5.74) is 5.87. The van der Waals surface area contributed by atoms with Gasteiger partial charge in [0, 0.05) is 26.1 Å². The van der Waals surface area contributed by atoms with Crippen molar-refractivity contribution in [2.24, 2.45) is 10.7 Å². The zero-order valence-corrected chi connectivity index (χ0v) is 11.5. The number of ether oxygens (including phenoxy) is 1. The molecule has 5 heteroatoms. The van der Waals surface area contributed by atoms with Crippen LogP contribution in [0.5, 0.6) is 0 Å². The largest absolute Gasteiger partial charge is 0.469 e. The molecule has 0 atom stereocenters. The second kappa shape index (κ2) is 7.95. The highest BCUT2D eigenvalue weighted by Crippen LogP contribution is 2.24. The van der Waals surface area contributed by atoms with E-state index in [2.05, 4.69) is 14.6 Å². The van der Waals surface area contributed by atoms with Crippen molar-refractivity contribution in [1.29, 1.82) is 0 Å². The first-order valence-electron chi connectivity index (χ1n) is 6.74. The van der Waals surface area contributed by atoms with Crippen LogP contribution < -0.4 is 5.73 Å². The Labute approximate surface area is 109 Å². The van der Waals surface area contributed by atoms with Crippen LogP contribution in [0.1, 0.15) is 44.9 Å². The summed E-state index contributed by atoms with van der Waals surface area (Å²) in [7, 11) is 3.43. The highest BCUT2D eigenvalue weighted by molar-refractivity contribution is 5.78. The maximum Gasteiger partial charge on any atom is 0.305 e. The van der Waals surface area contributed by atoms with E-state index in [-0.39, 0.29) is 5.97 Å². The predicted molar refractivity (Wildman–Crippen MR) is 72.4 cm³/mol. The zero-order chi connectivity index (χ0) is 13.4. The van der Waals surface area contributed by atoms with Crippen LogP contribution in [0.15, 0.2) is 4.99 Å². The summed E-state index contributed by atoms with van der Waals surface area (Å²) < 4.78 is 4.58. The molecule has 0 aliphatic heterocycles. The molecule has 0 aromatic carbocycles. The molecule has 1 saturated carbocycles. The Morgan fingerprint density at radius 1 is 1.33 bits per heavy atom. The van der Waals surface area contributed by atoms with Crippen LogP contribution in [-0.4, -0.2) is 43.6 Å². The topological polar surface area (TPSA) is 67.9 Å². The lowest BCUT2D eigenvalue weighted by molar-refractivity contribution is -0.140. The SMILES string of the molecule is COC(=O)CCCCCCN=C(N)N(C)C1CC1. The van der Waals surface area contributed by atoms with Gasteiger partial charge in [-0.3, -0.25) is 9.79 Å². The van der Waals surface area contributed by atoms with E-state index in [0.717, 1.165) is 32.2 Å². The van der Waals surface area contributed by atoms with Crippen LogP contribution in [0.4, 0.5) is 0 Å². The molecule has 0 aromatic heterocycles. The van der Waals surface area contributed by atoms with E-state index in [4.69, 9.17) is 5.73 Å². The molecule has 0 unspecified atom stereocenters. The number of aliphatic imine (C=N–C) groups is 1. The number of carbonyl (C=O) groups excluding carboxylic acids is 1. The van der Waals surface area contributed by atoms with Gasteiger partial charge in [-0.1, -0.05) is 12.8 Å². The van der Waals surface area contributed by atoms with Gasteiger partial charge >= 0.3 is 5.97 Å². The van der Waals surface area contributed by atoms with Gasteiger partial charge in [-0.25, -0.2) is 0 Å². The standard InChI is InChI=1S/C13H25N3O2/c1-16(11-8-9-11)13(14)15-10-6-4-3-5-7-12(17)18-2/h11H,3-10H2,1-2H3,(H2,14,15). The number of unbranched alkanes of at least 4 members (excludes halogenated alkanes) is 3. The fourth-order valence-electron chi connectivity index (χ4n) is 1.79. The van der Waals surface area contributed by atoms with Crippen molar-refractivity contribution >= 4 is 11.9 Å². The van der Waals surface area contributed by atoms with Crippen LogP contribution in [0.2, 0.25) is 0 Å². The number of methoxy groups -OCH3 is 1. The van der Waals surface area contributed by atoms with E-state index in [1.54, 1.807) is 0 Å². The van der Waals surface area contributed by atoms with Gasteiger partial charge in [0.2, 0.25) is 0 Å². The summed E-state index contributed by atoms with van der Waals surface area (Å²) >= 11 is 0. The van der Waals surface area contributed by atoms with Crippen molar-refractivity contribution in [3.05, 3.63) is 0 Å². The summed E-state index contributed by atoms with van der Waals surface area (Å²) in [6, 6.07) is 0.619. The minimum absolute atomic E-state index is 0.122. The molecule has 0 saturated heterocycles. The number of rotatable bonds is 8. The lowest BCUT2D eigenvalue weighted by Crippen LogP contribution is -2.35. The number of hydrogen-bond acceptors (Lipinski definition) is 3. The molecule has 5 nitrogen and oxygen atoms in total. The predicted octanol–water partition coefficient (Wildman–Crippen LogP) is 1.52. The van der Waals surface area contributed by atoms with Gasteiger partial charge in [0.05, 0.1) is 7.11 Å². The Balaban J connectivity index is 1.97.